The number of nitrogens with zero attached hydrogens (tertiary/aromatic N) is 2. The highest BCUT2D eigenvalue weighted by molar-refractivity contribution is 6.11. The van der Waals surface area contributed by atoms with Crippen LogP contribution in [0.4, 0.5) is 0 Å². The van der Waals surface area contributed by atoms with Gasteiger partial charge in [-0.25, -0.2) is 0 Å². The minimum Gasteiger partial charge on any atom is -0.309 e. The summed E-state index contributed by atoms with van der Waals surface area (Å²) in [6, 6.07) is 79.5. The Kier molecular flexibility index (Phi) is 7.53. The van der Waals surface area contributed by atoms with Gasteiger partial charge in [0.05, 0.1) is 22.1 Å². The van der Waals surface area contributed by atoms with Gasteiger partial charge in [-0.3, -0.25) is 0 Å². The summed E-state index contributed by atoms with van der Waals surface area (Å²) in [4.78, 5) is 0. The molecule has 0 amide bonds. The average Bonchev–Trinajstić information content (AvgIpc) is 3.80. The Bertz CT molecular complexity index is 3170. The summed E-state index contributed by atoms with van der Waals surface area (Å²) in [7, 11) is 0. The van der Waals surface area contributed by atoms with E-state index in [0.29, 0.717) is 0 Å². The van der Waals surface area contributed by atoms with Crippen molar-refractivity contribution in [2.75, 3.05) is 0 Å². The van der Waals surface area contributed by atoms with Gasteiger partial charge in [-0.05, 0) is 99.1 Å². The topological polar surface area (TPSA) is 9.86 Å². The summed E-state index contributed by atoms with van der Waals surface area (Å²) >= 11 is 0. The van der Waals surface area contributed by atoms with Gasteiger partial charge in [0.1, 0.15) is 0 Å². The molecule has 0 spiro atoms. The van der Waals surface area contributed by atoms with Gasteiger partial charge in [-0.15, -0.1) is 0 Å². The van der Waals surface area contributed by atoms with Gasteiger partial charge in [0.2, 0.25) is 0 Å². The van der Waals surface area contributed by atoms with Gasteiger partial charge in [0.15, 0.2) is 0 Å². The second kappa shape index (κ2) is 13.2. The third-order valence-corrected chi connectivity index (χ3v) is 11.3. The number of benzene rings is 9. The average molecular weight is 713 g/mol. The highest BCUT2D eigenvalue weighted by atomic mass is 15.0. The van der Waals surface area contributed by atoms with Crippen molar-refractivity contribution >= 4 is 43.6 Å². The molecule has 9 aromatic carbocycles. The fourth-order valence-electron chi connectivity index (χ4n) is 8.64. The minimum atomic E-state index is 1.14. The highest BCUT2D eigenvalue weighted by Gasteiger charge is 2.17. The van der Waals surface area contributed by atoms with Crippen molar-refractivity contribution in [3.63, 3.8) is 0 Å². The largest absolute Gasteiger partial charge is 0.309 e. The Morgan fingerprint density at radius 2 is 0.571 bits per heavy atom. The first-order valence-corrected chi connectivity index (χ1v) is 19.3. The van der Waals surface area contributed by atoms with E-state index in [4.69, 9.17) is 0 Å². The van der Waals surface area contributed by atoms with Crippen LogP contribution in [0.2, 0.25) is 0 Å². The first-order chi connectivity index (χ1) is 27.8. The molecule has 0 saturated heterocycles. The molecule has 2 heteroatoms. The van der Waals surface area contributed by atoms with Gasteiger partial charge >= 0.3 is 0 Å². The molecule has 2 aromatic heterocycles. The van der Waals surface area contributed by atoms with Crippen molar-refractivity contribution in [3.8, 4) is 55.9 Å². The summed E-state index contributed by atoms with van der Waals surface area (Å²) in [5.41, 5.74) is 16.6. The molecule has 0 aliphatic heterocycles. The lowest BCUT2D eigenvalue weighted by Crippen LogP contribution is -1.96. The Morgan fingerprint density at radius 3 is 1.16 bits per heavy atom. The fourth-order valence-corrected chi connectivity index (χ4v) is 8.64. The molecule has 2 nitrogen and oxygen atoms in total. The minimum absolute atomic E-state index is 1.14. The lowest BCUT2D eigenvalue weighted by atomic mass is 9.95. The van der Waals surface area contributed by atoms with Gasteiger partial charge in [-0.2, -0.15) is 0 Å². The van der Waals surface area contributed by atoms with Crippen molar-refractivity contribution in [3.05, 3.63) is 218 Å². The third-order valence-electron chi connectivity index (χ3n) is 11.3. The smallest absolute Gasteiger partial charge is 0.0547 e. The zero-order valence-electron chi connectivity index (χ0n) is 30.7. The van der Waals surface area contributed by atoms with Crippen LogP contribution in [0.5, 0.6) is 0 Å². The van der Waals surface area contributed by atoms with Gasteiger partial charge < -0.3 is 9.13 Å². The normalized spacial score (nSPS) is 11.6. The van der Waals surface area contributed by atoms with Crippen LogP contribution in [0.15, 0.2) is 218 Å². The number of aromatic nitrogens is 2. The molecule has 262 valence electrons. The molecular weight excluding hydrogens is 677 g/mol. The van der Waals surface area contributed by atoms with E-state index < -0.39 is 0 Å². The summed E-state index contributed by atoms with van der Waals surface area (Å²) < 4.78 is 4.86. The van der Waals surface area contributed by atoms with Crippen molar-refractivity contribution in [2.24, 2.45) is 0 Å². The van der Waals surface area contributed by atoms with Crippen molar-refractivity contribution in [1.82, 2.24) is 9.13 Å². The maximum absolute atomic E-state index is 2.43. The molecule has 56 heavy (non-hydrogen) atoms. The molecule has 11 rings (SSSR count). The van der Waals surface area contributed by atoms with Gasteiger partial charge in [-0.1, -0.05) is 164 Å². The second-order valence-electron chi connectivity index (χ2n) is 14.6. The van der Waals surface area contributed by atoms with E-state index in [9.17, 15) is 0 Å². The Balaban J connectivity index is 1.14. The van der Waals surface area contributed by atoms with E-state index in [1.807, 2.05) is 0 Å². The number of hydrogen-bond donors (Lipinski definition) is 0. The van der Waals surface area contributed by atoms with Crippen LogP contribution in [0.1, 0.15) is 0 Å². The van der Waals surface area contributed by atoms with E-state index in [1.54, 1.807) is 0 Å². The SMILES string of the molecule is c1ccc(-c2ccc(-c3cc(-c4ccc5c6ccccc6n(-c6cccc(-c7ccccc7)c6)c5c4)cc(-n4c5ccccc5c5ccccc54)c3)cc2)cc1. The number of rotatable bonds is 6. The molecule has 0 aliphatic rings. The van der Waals surface area contributed by atoms with Crippen LogP contribution in [-0.4, -0.2) is 9.13 Å². The van der Waals surface area contributed by atoms with Crippen LogP contribution in [0.3, 0.4) is 0 Å². The lowest BCUT2D eigenvalue weighted by molar-refractivity contribution is 1.18. The fraction of sp³-hybridized carbons (Fsp3) is 0. The number of fused-ring (bicyclic) bond motifs is 6. The van der Waals surface area contributed by atoms with Crippen molar-refractivity contribution in [2.45, 2.75) is 0 Å². The lowest BCUT2D eigenvalue weighted by Gasteiger charge is -2.15. The van der Waals surface area contributed by atoms with Crippen LogP contribution in [-0.2, 0) is 0 Å². The zero-order valence-corrected chi connectivity index (χ0v) is 30.7. The molecule has 0 fully saturated rings. The Morgan fingerprint density at radius 1 is 0.196 bits per heavy atom. The van der Waals surface area contributed by atoms with Crippen LogP contribution in [0, 0.1) is 0 Å². The first-order valence-electron chi connectivity index (χ1n) is 19.3. The predicted octanol–water partition coefficient (Wildman–Crippen LogP) is 14.5. The molecule has 0 unspecified atom stereocenters. The second-order valence-corrected chi connectivity index (χ2v) is 14.6. The van der Waals surface area contributed by atoms with Crippen molar-refractivity contribution < 1.29 is 0 Å². The molecule has 0 bridgehead atoms. The summed E-state index contributed by atoms with van der Waals surface area (Å²) in [6.07, 6.45) is 0. The van der Waals surface area contributed by atoms with Crippen LogP contribution >= 0.6 is 0 Å². The van der Waals surface area contributed by atoms with E-state index in [0.717, 1.165) is 11.4 Å². The van der Waals surface area contributed by atoms with Gasteiger partial charge in [0, 0.05) is 32.9 Å². The molecule has 2 heterocycles. The summed E-state index contributed by atoms with van der Waals surface area (Å²) in [5, 5.41) is 5.00. The molecule has 0 saturated carbocycles. The van der Waals surface area contributed by atoms with E-state index >= 15 is 0 Å². The Hall–Kier alpha value is -7.42. The molecule has 11 aromatic rings. The zero-order chi connectivity index (χ0) is 37.0. The standard InChI is InChI=1S/C54H36N2/c1-3-14-37(15-4-1)39-26-28-40(29-27-39)43-32-44(35-46(34-43)56-52-24-11-7-20-47(52)48-21-8-12-25-53(48)56)42-30-31-50-49-22-9-10-23-51(49)55(54(50)36-42)45-19-13-18-41(33-45)38-16-5-2-6-17-38/h1-36H. The molecular formula is C54H36N2. The third kappa shape index (κ3) is 5.34. The molecule has 0 aliphatic carbocycles. The molecule has 0 atom stereocenters. The maximum Gasteiger partial charge on any atom is 0.0547 e. The molecule has 0 N–H and O–H groups in total. The van der Waals surface area contributed by atoms with E-state index in [-0.39, 0.29) is 0 Å². The molecule has 0 radical (unpaired) electrons. The highest BCUT2D eigenvalue weighted by Crippen LogP contribution is 2.39. The number of hydrogen-bond acceptors (Lipinski definition) is 0. The van der Waals surface area contributed by atoms with E-state index in [2.05, 4.69) is 228 Å². The summed E-state index contributed by atoms with van der Waals surface area (Å²) in [5.74, 6) is 0. The quantitative estimate of drug-likeness (QED) is 0.162. The Labute approximate surface area is 325 Å². The van der Waals surface area contributed by atoms with Crippen LogP contribution < -0.4 is 0 Å². The maximum atomic E-state index is 2.43. The van der Waals surface area contributed by atoms with Gasteiger partial charge in [0.25, 0.3) is 0 Å². The van der Waals surface area contributed by atoms with Crippen LogP contribution in [0.25, 0.3) is 99.5 Å². The predicted molar refractivity (Wildman–Crippen MR) is 237 cm³/mol. The number of para-hydroxylation sites is 3. The monoisotopic (exact) mass is 712 g/mol. The summed E-state index contributed by atoms with van der Waals surface area (Å²) in [6.45, 7) is 0. The first kappa shape index (κ1) is 32.0. The van der Waals surface area contributed by atoms with Crippen molar-refractivity contribution in [1.29, 1.82) is 0 Å². The van der Waals surface area contributed by atoms with E-state index in [1.165, 1.54) is 88.1 Å².